The van der Waals surface area contributed by atoms with E-state index in [4.69, 9.17) is 27.9 Å². The third kappa shape index (κ3) is 3.47. The van der Waals surface area contributed by atoms with E-state index in [9.17, 15) is 0 Å². The molecule has 0 atom stereocenters. The predicted octanol–water partition coefficient (Wildman–Crippen LogP) is 4.98. The van der Waals surface area contributed by atoms with E-state index in [-0.39, 0.29) is 0 Å². The van der Waals surface area contributed by atoms with Crippen LogP contribution >= 0.6 is 23.2 Å². The van der Waals surface area contributed by atoms with Crippen LogP contribution in [-0.2, 0) is 0 Å². The van der Waals surface area contributed by atoms with Gasteiger partial charge < -0.3 is 10.1 Å². The molecule has 0 spiro atoms. The minimum atomic E-state index is 0.469. The van der Waals surface area contributed by atoms with Crippen molar-refractivity contribution in [3.63, 3.8) is 0 Å². The van der Waals surface area contributed by atoms with Gasteiger partial charge in [-0.2, -0.15) is 0 Å². The highest BCUT2D eigenvalue weighted by Gasteiger charge is 2.07. The quantitative estimate of drug-likeness (QED) is 0.804. The van der Waals surface area contributed by atoms with Gasteiger partial charge in [0.15, 0.2) is 5.88 Å². The third-order valence-electron chi connectivity index (χ3n) is 2.89. The second-order valence-corrected chi connectivity index (χ2v) is 5.06. The molecule has 2 aromatic carbocycles. The first-order valence-electron chi connectivity index (χ1n) is 6.18. The molecule has 0 amide bonds. The summed E-state index contributed by atoms with van der Waals surface area (Å²) < 4.78 is 5.84. The van der Waals surface area contributed by atoms with E-state index in [1.54, 1.807) is 18.2 Å². The van der Waals surface area contributed by atoms with E-state index in [2.05, 4.69) is 5.32 Å². The Labute approximate surface area is 129 Å². The van der Waals surface area contributed by atoms with Gasteiger partial charge in [-0.3, -0.25) is 0 Å². The van der Waals surface area contributed by atoms with Crippen LogP contribution in [0.5, 0.6) is 5.75 Å². The molecule has 2 aromatic rings. The first-order chi connectivity index (χ1) is 9.61. The largest absolute Gasteiger partial charge is 0.441 e. The Bertz CT molecular complexity index is 624. The topological polar surface area (TPSA) is 21.3 Å². The number of nitrogens with one attached hydrogen (secondary N) is 1. The minimum absolute atomic E-state index is 0.469. The highest BCUT2D eigenvalue weighted by atomic mass is 35.5. The van der Waals surface area contributed by atoms with Gasteiger partial charge in [-0.15, -0.1) is 0 Å². The molecule has 0 aliphatic carbocycles. The maximum Gasteiger partial charge on any atom is 0.196 e. The van der Waals surface area contributed by atoms with E-state index in [1.165, 1.54) is 0 Å². The summed E-state index contributed by atoms with van der Waals surface area (Å²) in [5.41, 5.74) is 2.11. The summed E-state index contributed by atoms with van der Waals surface area (Å²) in [7, 11) is 1.82. The average Bonchev–Trinajstić information content (AvgIpc) is 2.48. The molecule has 0 saturated carbocycles. The van der Waals surface area contributed by atoms with Crippen molar-refractivity contribution < 1.29 is 4.74 Å². The van der Waals surface area contributed by atoms with Gasteiger partial charge in [-0.05, 0) is 24.6 Å². The van der Waals surface area contributed by atoms with Crippen LogP contribution in [-0.4, -0.2) is 7.05 Å². The number of hydrogen-bond acceptors (Lipinski definition) is 2. The number of ether oxygens (including phenoxy) is 1. The lowest BCUT2D eigenvalue weighted by Gasteiger charge is -2.14. The standard InChI is InChI=1S/C16H15Cl2NO/c1-11(12-6-4-3-5-7-12)16(19-2)20-13-8-9-14(17)15(18)10-13/h3-10,19H,1-2H3. The van der Waals surface area contributed by atoms with Gasteiger partial charge in [-0.25, -0.2) is 0 Å². The fourth-order valence-corrected chi connectivity index (χ4v) is 2.08. The molecule has 0 fully saturated rings. The Hall–Kier alpha value is -1.64. The van der Waals surface area contributed by atoms with E-state index in [0.29, 0.717) is 21.7 Å². The van der Waals surface area contributed by atoms with Crippen LogP contribution < -0.4 is 10.1 Å². The van der Waals surface area contributed by atoms with Gasteiger partial charge in [0.25, 0.3) is 0 Å². The molecule has 0 unspecified atom stereocenters. The van der Waals surface area contributed by atoms with Crippen molar-refractivity contribution >= 4 is 28.8 Å². The Morgan fingerprint density at radius 2 is 1.70 bits per heavy atom. The summed E-state index contributed by atoms with van der Waals surface area (Å²) in [6.45, 7) is 2.00. The fraction of sp³-hybridized carbons (Fsp3) is 0.125. The molecule has 4 heteroatoms. The number of hydrogen-bond donors (Lipinski definition) is 1. The molecule has 0 aliphatic heterocycles. The van der Waals surface area contributed by atoms with Crippen LogP contribution in [0.25, 0.3) is 5.57 Å². The Balaban J connectivity index is 2.30. The lowest BCUT2D eigenvalue weighted by Crippen LogP contribution is -2.14. The van der Waals surface area contributed by atoms with Crippen LogP contribution in [0.2, 0.25) is 10.0 Å². The fourth-order valence-electron chi connectivity index (χ4n) is 1.79. The van der Waals surface area contributed by atoms with Crippen LogP contribution in [0.15, 0.2) is 54.4 Å². The molecular formula is C16H15Cl2NO. The maximum absolute atomic E-state index is 5.99. The highest BCUT2D eigenvalue weighted by Crippen LogP contribution is 2.28. The number of allylic oxidation sites excluding steroid dienone is 1. The van der Waals surface area contributed by atoms with Crippen LogP contribution in [0.1, 0.15) is 12.5 Å². The minimum Gasteiger partial charge on any atom is -0.441 e. The molecule has 2 rings (SSSR count). The van der Waals surface area contributed by atoms with Crippen molar-refractivity contribution in [3.05, 3.63) is 70.0 Å². The summed E-state index contributed by atoms with van der Waals surface area (Å²) in [4.78, 5) is 0. The molecule has 0 saturated heterocycles. The number of rotatable bonds is 4. The normalized spacial score (nSPS) is 11.8. The summed E-state index contributed by atoms with van der Waals surface area (Å²) in [5.74, 6) is 1.31. The number of halogens is 2. The highest BCUT2D eigenvalue weighted by molar-refractivity contribution is 6.42. The van der Waals surface area contributed by atoms with Crippen LogP contribution in [0.3, 0.4) is 0 Å². The lowest BCUT2D eigenvalue weighted by molar-refractivity contribution is 0.394. The maximum atomic E-state index is 5.99. The Morgan fingerprint density at radius 3 is 2.30 bits per heavy atom. The Kier molecular flexibility index (Phi) is 4.94. The summed E-state index contributed by atoms with van der Waals surface area (Å²) >= 11 is 11.9. The third-order valence-corrected chi connectivity index (χ3v) is 3.62. The second kappa shape index (κ2) is 6.69. The molecule has 0 aromatic heterocycles. The number of benzene rings is 2. The van der Waals surface area contributed by atoms with Crippen molar-refractivity contribution in [2.75, 3.05) is 7.05 Å². The van der Waals surface area contributed by atoms with E-state index >= 15 is 0 Å². The van der Waals surface area contributed by atoms with Crippen molar-refractivity contribution in [2.24, 2.45) is 0 Å². The summed E-state index contributed by atoms with van der Waals surface area (Å²) in [5, 5.41) is 4.04. The molecule has 0 aliphatic rings. The van der Waals surface area contributed by atoms with E-state index in [1.807, 2.05) is 44.3 Å². The van der Waals surface area contributed by atoms with E-state index < -0.39 is 0 Å². The molecule has 0 heterocycles. The van der Waals surface area contributed by atoms with Gasteiger partial charge in [0.1, 0.15) is 5.75 Å². The molecule has 0 bridgehead atoms. The zero-order chi connectivity index (χ0) is 14.5. The zero-order valence-corrected chi connectivity index (χ0v) is 12.8. The van der Waals surface area contributed by atoms with Gasteiger partial charge in [0.05, 0.1) is 10.0 Å². The summed E-state index contributed by atoms with van der Waals surface area (Å²) in [6.07, 6.45) is 0. The smallest absolute Gasteiger partial charge is 0.196 e. The molecule has 2 nitrogen and oxygen atoms in total. The van der Waals surface area contributed by atoms with Crippen molar-refractivity contribution in [3.8, 4) is 5.75 Å². The van der Waals surface area contributed by atoms with Crippen molar-refractivity contribution in [1.82, 2.24) is 5.32 Å². The lowest BCUT2D eigenvalue weighted by atomic mass is 10.1. The monoisotopic (exact) mass is 307 g/mol. The molecule has 20 heavy (non-hydrogen) atoms. The van der Waals surface area contributed by atoms with Gasteiger partial charge >= 0.3 is 0 Å². The van der Waals surface area contributed by atoms with Crippen LogP contribution in [0, 0.1) is 0 Å². The van der Waals surface area contributed by atoms with Crippen molar-refractivity contribution in [2.45, 2.75) is 6.92 Å². The predicted molar refractivity (Wildman–Crippen MR) is 85.2 cm³/mol. The molecule has 104 valence electrons. The molecule has 1 N–H and O–H groups in total. The van der Waals surface area contributed by atoms with Crippen LogP contribution in [0.4, 0.5) is 0 Å². The van der Waals surface area contributed by atoms with Gasteiger partial charge in [0, 0.05) is 18.7 Å². The van der Waals surface area contributed by atoms with Gasteiger partial charge in [-0.1, -0.05) is 53.5 Å². The van der Waals surface area contributed by atoms with Crippen molar-refractivity contribution in [1.29, 1.82) is 0 Å². The first-order valence-corrected chi connectivity index (χ1v) is 6.94. The first kappa shape index (κ1) is 14.8. The summed E-state index contributed by atoms with van der Waals surface area (Å²) in [6, 6.07) is 15.2. The molecular weight excluding hydrogens is 293 g/mol. The average molecular weight is 308 g/mol. The Morgan fingerprint density at radius 1 is 1.00 bits per heavy atom. The second-order valence-electron chi connectivity index (χ2n) is 4.25. The van der Waals surface area contributed by atoms with E-state index in [0.717, 1.165) is 11.1 Å². The van der Waals surface area contributed by atoms with Gasteiger partial charge in [0.2, 0.25) is 0 Å². The SMILES string of the molecule is CNC(Oc1ccc(Cl)c(Cl)c1)=C(C)c1ccccc1. The zero-order valence-electron chi connectivity index (χ0n) is 11.3. The molecule has 0 radical (unpaired) electrons.